The quantitative estimate of drug-likeness (QED) is 0.782. The van der Waals surface area contributed by atoms with Gasteiger partial charge in [0, 0.05) is 5.39 Å². The molecule has 1 N–H and O–H groups in total. The lowest BCUT2D eigenvalue weighted by molar-refractivity contribution is 0.327. The lowest BCUT2D eigenvalue weighted by Crippen LogP contribution is -2.27. The van der Waals surface area contributed by atoms with Crippen LogP contribution in [0.2, 0.25) is 0 Å². The standard InChI is InChI=1S/C16H22BrNO/c1-4-9-18-15(11(3)5-2)14-10-12-7-6-8-13(17)16(12)19-14/h6-8,10-11,15,18H,4-5,9H2,1-3H3. The fourth-order valence-corrected chi connectivity index (χ4v) is 2.78. The first kappa shape index (κ1) is 14.6. The number of halogens is 1. The second-order valence-corrected chi connectivity index (χ2v) is 5.98. The number of hydrogen-bond donors (Lipinski definition) is 1. The van der Waals surface area contributed by atoms with E-state index in [0.29, 0.717) is 12.0 Å². The summed E-state index contributed by atoms with van der Waals surface area (Å²) < 4.78 is 7.09. The second-order valence-electron chi connectivity index (χ2n) is 5.12. The van der Waals surface area contributed by atoms with Crippen LogP contribution in [0.25, 0.3) is 11.0 Å². The predicted octanol–water partition coefficient (Wildman–Crippen LogP) is 5.28. The fourth-order valence-electron chi connectivity index (χ4n) is 2.32. The van der Waals surface area contributed by atoms with E-state index in [0.717, 1.165) is 40.6 Å². The number of furan rings is 1. The fraction of sp³-hybridized carbons (Fsp3) is 0.500. The molecule has 0 spiro atoms. The molecule has 3 heteroatoms. The van der Waals surface area contributed by atoms with Crippen LogP contribution < -0.4 is 5.32 Å². The summed E-state index contributed by atoms with van der Waals surface area (Å²) in [6.07, 6.45) is 2.27. The molecule has 2 aromatic rings. The van der Waals surface area contributed by atoms with Gasteiger partial charge in [-0.3, -0.25) is 0 Å². The number of fused-ring (bicyclic) bond motifs is 1. The molecule has 2 unspecified atom stereocenters. The highest BCUT2D eigenvalue weighted by molar-refractivity contribution is 9.10. The van der Waals surface area contributed by atoms with Crippen molar-refractivity contribution < 1.29 is 4.42 Å². The molecular weight excluding hydrogens is 302 g/mol. The molecule has 0 fully saturated rings. The minimum absolute atomic E-state index is 0.296. The monoisotopic (exact) mass is 323 g/mol. The van der Waals surface area contributed by atoms with Gasteiger partial charge >= 0.3 is 0 Å². The lowest BCUT2D eigenvalue weighted by atomic mass is 9.96. The Morgan fingerprint density at radius 3 is 2.74 bits per heavy atom. The molecule has 0 saturated heterocycles. The lowest BCUT2D eigenvalue weighted by Gasteiger charge is -2.22. The van der Waals surface area contributed by atoms with Crippen molar-refractivity contribution >= 4 is 26.9 Å². The molecule has 1 aromatic heterocycles. The number of para-hydroxylation sites is 1. The third-order valence-electron chi connectivity index (χ3n) is 3.65. The molecule has 19 heavy (non-hydrogen) atoms. The molecular formula is C16H22BrNO. The van der Waals surface area contributed by atoms with Gasteiger partial charge < -0.3 is 9.73 Å². The van der Waals surface area contributed by atoms with Crippen molar-refractivity contribution in [3.05, 3.63) is 34.5 Å². The van der Waals surface area contributed by atoms with Gasteiger partial charge in [0.05, 0.1) is 10.5 Å². The molecule has 1 heterocycles. The third-order valence-corrected chi connectivity index (χ3v) is 4.27. The minimum Gasteiger partial charge on any atom is -0.458 e. The van der Waals surface area contributed by atoms with E-state index in [4.69, 9.17) is 4.42 Å². The van der Waals surface area contributed by atoms with Crippen molar-refractivity contribution in [1.29, 1.82) is 0 Å². The van der Waals surface area contributed by atoms with Crippen LogP contribution in [0.15, 0.2) is 33.2 Å². The largest absolute Gasteiger partial charge is 0.458 e. The van der Waals surface area contributed by atoms with Crippen LogP contribution in [0.5, 0.6) is 0 Å². The van der Waals surface area contributed by atoms with E-state index >= 15 is 0 Å². The van der Waals surface area contributed by atoms with Gasteiger partial charge in [0.25, 0.3) is 0 Å². The highest BCUT2D eigenvalue weighted by Crippen LogP contribution is 2.33. The van der Waals surface area contributed by atoms with Crippen molar-refractivity contribution in [2.75, 3.05) is 6.54 Å². The van der Waals surface area contributed by atoms with Crippen LogP contribution in [0.1, 0.15) is 45.4 Å². The van der Waals surface area contributed by atoms with Gasteiger partial charge in [0.2, 0.25) is 0 Å². The van der Waals surface area contributed by atoms with Crippen molar-refractivity contribution in [2.24, 2.45) is 5.92 Å². The van der Waals surface area contributed by atoms with E-state index in [9.17, 15) is 0 Å². The number of hydrogen-bond acceptors (Lipinski definition) is 2. The molecule has 104 valence electrons. The zero-order valence-electron chi connectivity index (χ0n) is 11.9. The summed E-state index contributed by atoms with van der Waals surface area (Å²) in [5, 5.41) is 4.77. The first-order valence-electron chi connectivity index (χ1n) is 7.08. The van der Waals surface area contributed by atoms with E-state index in [1.165, 1.54) is 0 Å². The molecule has 0 amide bonds. The summed E-state index contributed by atoms with van der Waals surface area (Å²) in [5.74, 6) is 1.61. The number of rotatable bonds is 6. The van der Waals surface area contributed by atoms with Crippen molar-refractivity contribution in [1.82, 2.24) is 5.32 Å². The minimum atomic E-state index is 0.296. The van der Waals surface area contributed by atoms with Crippen LogP contribution >= 0.6 is 15.9 Å². The molecule has 1 aromatic carbocycles. The highest BCUT2D eigenvalue weighted by atomic mass is 79.9. The Kier molecular flexibility index (Phi) is 5.06. The summed E-state index contributed by atoms with van der Waals surface area (Å²) in [7, 11) is 0. The first-order valence-corrected chi connectivity index (χ1v) is 7.88. The van der Waals surface area contributed by atoms with Gasteiger partial charge in [0.1, 0.15) is 11.3 Å². The Morgan fingerprint density at radius 2 is 2.11 bits per heavy atom. The second kappa shape index (κ2) is 6.58. The molecule has 2 rings (SSSR count). The Labute approximate surface area is 123 Å². The average molecular weight is 324 g/mol. The summed E-state index contributed by atoms with van der Waals surface area (Å²) in [6.45, 7) is 7.71. The van der Waals surface area contributed by atoms with Crippen molar-refractivity contribution in [2.45, 2.75) is 39.7 Å². The van der Waals surface area contributed by atoms with E-state index < -0.39 is 0 Å². The van der Waals surface area contributed by atoms with Gasteiger partial charge in [-0.2, -0.15) is 0 Å². The summed E-state index contributed by atoms with van der Waals surface area (Å²) in [6, 6.07) is 8.63. The van der Waals surface area contributed by atoms with Crippen LogP contribution in [0, 0.1) is 5.92 Å². The van der Waals surface area contributed by atoms with E-state index in [1.807, 2.05) is 12.1 Å². The Hall–Kier alpha value is -0.800. The van der Waals surface area contributed by atoms with Gasteiger partial charge in [-0.15, -0.1) is 0 Å². The highest BCUT2D eigenvalue weighted by Gasteiger charge is 2.21. The summed E-state index contributed by atoms with van der Waals surface area (Å²) in [4.78, 5) is 0. The molecule has 2 nitrogen and oxygen atoms in total. The van der Waals surface area contributed by atoms with Gasteiger partial charge in [-0.25, -0.2) is 0 Å². The SMILES string of the molecule is CCCNC(c1cc2cccc(Br)c2o1)C(C)CC. The van der Waals surface area contributed by atoms with Crippen LogP contribution in [0.4, 0.5) is 0 Å². The molecule has 0 radical (unpaired) electrons. The third kappa shape index (κ3) is 3.21. The van der Waals surface area contributed by atoms with Crippen LogP contribution in [-0.4, -0.2) is 6.54 Å². The van der Waals surface area contributed by atoms with E-state index in [2.05, 4.69) is 54.2 Å². The topological polar surface area (TPSA) is 25.2 Å². The Balaban J connectivity index is 2.35. The molecule has 0 saturated carbocycles. The van der Waals surface area contributed by atoms with Gasteiger partial charge in [-0.1, -0.05) is 39.3 Å². The van der Waals surface area contributed by atoms with E-state index in [1.54, 1.807) is 0 Å². The maximum Gasteiger partial charge on any atom is 0.148 e. The summed E-state index contributed by atoms with van der Waals surface area (Å²) >= 11 is 3.55. The zero-order chi connectivity index (χ0) is 13.8. The maximum absolute atomic E-state index is 6.07. The van der Waals surface area contributed by atoms with Crippen LogP contribution in [0.3, 0.4) is 0 Å². The molecule has 0 aliphatic heterocycles. The van der Waals surface area contributed by atoms with Crippen molar-refractivity contribution in [3.8, 4) is 0 Å². The zero-order valence-corrected chi connectivity index (χ0v) is 13.5. The molecule has 0 aliphatic rings. The van der Waals surface area contributed by atoms with E-state index in [-0.39, 0.29) is 0 Å². The van der Waals surface area contributed by atoms with Gasteiger partial charge in [-0.05, 0) is 46.9 Å². The van der Waals surface area contributed by atoms with Gasteiger partial charge in [0.15, 0.2) is 0 Å². The Morgan fingerprint density at radius 1 is 1.32 bits per heavy atom. The Bertz CT molecular complexity index is 535. The molecule has 2 atom stereocenters. The smallest absolute Gasteiger partial charge is 0.148 e. The normalized spacial score (nSPS) is 14.7. The summed E-state index contributed by atoms with van der Waals surface area (Å²) in [5.41, 5.74) is 0.948. The number of benzene rings is 1. The average Bonchev–Trinajstić information content (AvgIpc) is 2.84. The van der Waals surface area contributed by atoms with Crippen molar-refractivity contribution in [3.63, 3.8) is 0 Å². The first-order chi connectivity index (χ1) is 9.17. The predicted molar refractivity (Wildman–Crippen MR) is 84.4 cm³/mol. The maximum atomic E-state index is 6.07. The molecule has 0 aliphatic carbocycles. The molecule has 0 bridgehead atoms. The number of nitrogens with one attached hydrogen (secondary N) is 1. The van der Waals surface area contributed by atoms with Crippen LogP contribution in [-0.2, 0) is 0 Å².